The molecule has 0 radical (unpaired) electrons. The lowest BCUT2D eigenvalue weighted by Crippen LogP contribution is -2.37. The third kappa shape index (κ3) is 4.67. The number of hydrogen-bond acceptors (Lipinski definition) is 4. The minimum Gasteiger partial charge on any atom is -0.866 e. The molecule has 0 unspecified atom stereocenters. The number of aromatic nitrogens is 2. The van der Waals surface area contributed by atoms with E-state index in [9.17, 15) is 5.11 Å². The van der Waals surface area contributed by atoms with E-state index in [-0.39, 0.29) is 11.6 Å². The highest BCUT2D eigenvalue weighted by molar-refractivity contribution is 9.10. The van der Waals surface area contributed by atoms with Gasteiger partial charge in [0, 0.05) is 15.8 Å². The Bertz CT molecular complexity index is 1190. The van der Waals surface area contributed by atoms with Crippen LogP contribution in [0.5, 0.6) is 0 Å². The molecule has 3 aromatic carbocycles. The van der Waals surface area contributed by atoms with Crippen LogP contribution in [0, 0.1) is 0 Å². The van der Waals surface area contributed by atoms with Gasteiger partial charge >= 0.3 is 5.82 Å². The molecule has 1 aromatic heterocycles. The Morgan fingerprint density at radius 2 is 1.47 bits per heavy atom. The maximum absolute atomic E-state index is 13.2. The van der Waals surface area contributed by atoms with Gasteiger partial charge in [0.15, 0.2) is 0 Å². The van der Waals surface area contributed by atoms with E-state index < -0.39 is 0 Å². The maximum Gasteiger partial charge on any atom is 0.368 e. The third-order valence-corrected chi connectivity index (χ3v) is 4.84. The summed E-state index contributed by atoms with van der Waals surface area (Å²) >= 11 is 3.44. The molecular formula is C24H17BrN4O. The van der Waals surface area contributed by atoms with Crippen molar-refractivity contribution in [1.29, 1.82) is 0 Å². The van der Waals surface area contributed by atoms with Gasteiger partial charge in [0.25, 0.3) is 0 Å². The van der Waals surface area contributed by atoms with E-state index >= 15 is 0 Å². The minimum absolute atomic E-state index is 0.115. The van der Waals surface area contributed by atoms with Gasteiger partial charge < -0.3 is 5.11 Å². The van der Waals surface area contributed by atoms with Crippen LogP contribution in [0.2, 0.25) is 0 Å². The van der Waals surface area contributed by atoms with Gasteiger partial charge in [-0.05, 0) is 47.1 Å². The van der Waals surface area contributed by atoms with Gasteiger partial charge in [-0.25, -0.2) is 0 Å². The molecule has 5 nitrogen and oxygen atoms in total. The minimum atomic E-state index is -0.263. The first-order chi connectivity index (χ1) is 14.7. The zero-order chi connectivity index (χ0) is 20.8. The number of rotatable bonds is 5. The molecule has 0 aliphatic carbocycles. The molecule has 0 aliphatic rings. The van der Waals surface area contributed by atoms with Crippen molar-refractivity contribution in [3.63, 3.8) is 0 Å². The summed E-state index contributed by atoms with van der Waals surface area (Å²) in [6.45, 7) is 0. The van der Waals surface area contributed by atoms with Crippen molar-refractivity contribution in [3.8, 4) is 11.3 Å². The quantitative estimate of drug-likeness (QED) is 0.234. The molecule has 0 atom stereocenters. The van der Waals surface area contributed by atoms with Crippen LogP contribution in [0.25, 0.3) is 22.8 Å². The first-order valence-corrected chi connectivity index (χ1v) is 10.1. The molecule has 1 heterocycles. The van der Waals surface area contributed by atoms with Crippen molar-refractivity contribution in [3.05, 3.63) is 113 Å². The summed E-state index contributed by atoms with van der Waals surface area (Å²) in [6.07, 6.45) is 1.70. The number of azo groups is 1. The lowest BCUT2D eigenvalue weighted by molar-refractivity contribution is -0.648. The summed E-state index contributed by atoms with van der Waals surface area (Å²) in [5, 5.41) is 26.3. The molecule has 0 aliphatic heterocycles. The van der Waals surface area contributed by atoms with Crippen LogP contribution < -0.4 is 9.79 Å². The topological polar surface area (TPSA) is 64.6 Å². The van der Waals surface area contributed by atoms with Gasteiger partial charge in [-0.1, -0.05) is 86.4 Å². The van der Waals surface area contributed by atoms with Crippen LogP contribution in [0.15, 0.2) is 118 Å². The van der Waals surface area contributed by atoms with Gasteiger partial charge in [-0.2, -0.15) is 0 Å². The summed E-state index contributed by atoms with van der Waals surface area (Å²) < 4.78 is 2.46. The largest absolute Gasteiger partial charge is 0.866 e. The van der Waals surface area contributed by atoms with E-state index in [1.54, 1.807) is 18.3 Å². The van der Waals surface area contributed by atoms with Crippen LogP contribution in [0.3, 0.4) is 0 Å². The zero-order valence-corrected chi connectivity index (χ0v) is 17.5. The predicted molar refractivity (Wildman–Crippen MR) is 118 cm³/mol. The van der Waals surface area contributed by atoms with Gasteiger partial charge in [0.05, 0.1) is 5.11 Å². The smallest absolute Gasteiger partial charge is 0.368 e. The summed E-state index contributed by atoms with van der Waals surface area (Å²) in [7, 11) is 0. The number of nitrogens with zero attached hydrogens (tertiary/aromatic N) is 4. The molecule has 0 fully saturated rings. The average Bonchev–Trinajstić information content (AvgIpc) is 2.81. The molecule has 4 rings (SSSR count). The number of hydrogen-bond donors (Lipinski definition) is 0. The van der Waals surface area contributed by atoms with E-state index in [1.165, 1.54) is 4.68 Å². The van der Waals surface area contributed by atoms with Crippen LogP contribution in [0.4, 0.5) is 5.69 Å². The molecule has 0 spiro atoms. The summed E-state index contributed by atoms with van der Waals surface area (Å²) in [5.41, 5.74) is 2.82. The summed E-state index contributed by atoms with van der Waals surface area (Å²) in [6, 6.07) is 29.8. The summed E-state index contributed by atoms with van der Waals surface area (Å²) in [5.74, 6) is -0.148. The molecule has 0 saturated carbocycles. The maximum atomic E-state index is 13.2. The predicted octanol–water partition coefficient (Wildman–Crippen LogP) is 5.23. The number of benzene rings is 3. The average molecular weight is 457 g/mol. The van der Waals surface area contributed by atoms with Crippen LogP contribution in [0.1, 0.15) is 5.56 Å². The van der Waals surface area contributed by atoms with E-state index in [4.69, 9.17) is 0 Å². The van der Waals surface area contributed by atoms with Gasteiger partial charge in [-0.15, -0.1) is 0 Å². The highest BCUT2D eigenvalue weighted by atomic mass is 79.9. The van der Waals surface area contributed by atoms with E-state index in [0.29, 0.717) is 11.3 Å². The fraction of sp³-hybridized carbons (Fsp3) is 0. The van der Waals surface area contributed by atoms with Crippen molar-refractivity contribution in [2.45, 2.75) is 0 Å². The molecule has 4 aromatic rings. The monoisotopic (exact) mass is 456 g/mol. The first-order valence-electron chi connectivity index (χ1n) is 9.29. The van der Waals surface area contributed by atoms with Crippen molar-refractivity contribution in [2.75, 3.05) is 0 Å². The van der Waals surface area contributed by atoms with Crippen molar-refractivity contribution in [2.24, 2.45) is 10.2 Å². The molecule has 30 heavy (non-hydrogen) atoms. The molecule has 0 saturated heterocycles. The molecule has 0 N–H and O–H groups in total. The summed E-state index contributed by atoms with van der Waals surface area (Å²) in [4.78, 5) is 0. The lowest BCUT2D eigenvalue weighted by atomic mass is 10.1. The highest BCUT2D eigenvalue weighted by Crippen LogP contribution is 2.21. The third-order valence-electron chi connectivity index (χ3n) is 4.31. The Balaban J connectivity index is 1.81. The fourth-order valence-electron chi connectivity index (χ4n) is 2.80. The zero-order valence-electron chi connectivity index (χ0n) is 15.9. The van der Waals surface area contributed by atoms with Gasteiger partial charge in [-0.3, -0.25) is 0 Å². The highest BCUT2D eigenvalue weighted by Gasteiger charge is 2.16. The van der Waals surface area contributed by atoms with Crippen molar-refractivity contribution in [1.82, 2.24) is 5.10 Å². The Morgan fingerprint density at radius 1 is 0.800 bits per heavy atom. The van der Waals surface area contributed by atoms with Gasteiger partial charge in [0.1, 0.15) is 17.6 Å². The van der Waals surface area contributed by atoms with E-state index in [2.05, 4.69) is 31.3 Å². The molecule has 6 heteroatoms. The first kappa shape index (κ1) is 19.7. The second-order valence-electron chi connectivity index (χ2n) is 6.40. The Hall–Kier alpha value is -3.64. The van der Waals surface area contributed by atoms with Crippen LogP contribution >= 0.6 is 15.9 Å². The van der Waals surface area contributed by atoms with E-state index in [1.807, 2.05) is 84.9 Å². The molecule has 146 valence electrons. The Labute approximate surface area is 182 Å². The van der Waals surface area contributed by atoms with Gasteiger partial charge in [0.2, 0.25) is 0 Å². The van der Waals surface area contributed by atoms with Crippen LogP contribution in [-0.4, -0.2) is 5.10 Å². The van der Waals surface area contributed by atoms with Crippen molar-refractivity contribution >= 4 is 33.2 Å². The SMILES string of the molecule is [O-]/C(=C(\N=Nc1ccccc1)[n+]1cccc(-c2ccc(Br)cc2)n1)c1ccccc1. The Kier molecular flexibility index (Phi) is 6.06. The second kappa shape index (κ2) is 9.24. The second-order valence-corrected chi connectivity index (χ2v) is 7.31. The normalized spacial score (nSPS) is 12.0. The lowest BCUT2D eigenvalue weighted by Gasteiger charge is -2.11. The Morgan fingerprint density at radius 3 is 2.17 bits per heavy atom. The molecule has 0 bridgehead atoms. The fourth-order valence-corrected chi connectivity index (χ4v) is 3.07. The molecular weight excluding hydrogens is 440 g/mol. The molecule has 0 amide bonds. The van der Waals surface area contributed by atoms with E-state index in [0.717, 1.165) is 15.7 Å². The van der Waals surface area contributed by atoms with Crippen molar-refractivity contribution < 1.29 is 9.79 Å². The number of halogens is 1. The standard InChI is InChI=1S/C24H17BrN4O/c25-20-15-13-18(14-16-20)22-12-7-17-29(28-22)24(23(30)19-8-3-1-4-9-19)27-26-21-10-5-2-6-11-21/h1-17H. The van der Waals surface area contributed by atoms with Crippen LogP contribution in [-0.2, 0) is 0 Å².